The molecule has 3 N–H and O–H groups in total. The molecule has 2 saturated carbocycles. The van der Waals surface area contributed by atoms with Gasteiger partial charge in [-0.3, -0.25) is 14.9 Å². The van der Waals surface area contributed by atoms with E-state index >= 15 is 0 Å². The molecule has 2 amide bonds. The average molecular weight is 498 g/mol. The monoisotopic (exact) mass is 497 g/mol. The average Bonchev–Trinajstić information content (AvgIpc) is 2.79. The van der Waals surface area contributed by atoms with Crippen molar-refractivity contribution in [1.82, 2.24) is 16.0 Å². The van der Waals surface area contributed by atoms with Crippen LogP contribution in [0, 0.1) is 11.8 Å². The Kier molecular flexibility index (Phi) is 10.5. The number of carbonyl (C=O) groups excluding carboxylic acids is 2. The highest BCUT2D eigenvalue weighted by atomic mass is 35.5. The third-order valence-electron chi connectivity index (χ3n) is 6.86. The topological polar surface area (TPSA) is 88.7 Å². The summed E-state index contributed by atoms with van der Waals surface area (Å²) in [7, 11) is 0. The van der Waals surface area contributed by atoms with Gasteiger partial charge < -0.3 is 20.1 Å². The van der Waals surface area contributed by atoms with E-state index in [-0.39, 0.29) is 48.8 Å². The van der Waals surface area contributed by atoms with Crippen molar-refractivity contribution in [2.45, 2.75) is 94.3 Å². The summed E-state index contributed by atoms with van der Waals surface area (Å²) in [6.45, 7) is -1.85. The van der Waals surface area contributed by atoms with Crippen LogP contribution in [0.1, 0.15) is 57.8 Å². The van der Waals surface area contributed by atoms with Gasteiger partial charge in [-0.2, -0.15) is 8.78 Å². The smallest absolute Gasteiger partial charge is 0.346 e. The van der Waals surface area contributed by atoms with Gasteiger partial charge in [-0.05, 0) is 57.3 Å². The van der Waals surface area contributed by atoms with Gasteiger partial charge in [0, 0.05) is 31.5 Å². The van der Waals surface area contributed by atoms with Crippen molar-refractivity contribution in [3.63, 3.8) is 0 Å². The van der Waals surface area contributed by atoms with Crippen LogP contribution in [0.3, 0.4) is 0 Å². The zero-order valence-electron chi connectivity index (χ0n) is 18.7. The summed E-state index contributed by atoms with van der Waals surface area (Å²) in [6, 6.07) is 0.00645. The Morgan fingerprint density at radius 2 is 1.82 bits per heavy atom. The van der Waals surface area contributed by atoms with E-state index in [2.05, 4.69) is 20.7 Å². The highest BCUT2D eigenvalue weighted by Crippen LogP contribution is 2.28. The first kappa shape index (κ1) is 26.5. The maximum Gasteiger partial charge on any atom is 0.346 e. The van der Waals surface area contributed by atoms with Gasteiger partial charge in [0.2, 0.25) is 11.8 Å². The standard InChI is InChI=1S/C22H35ClF3N3O4/c23-17-7-6-16(9-18(17)24)32-12-19(30)29-15-4-2-14(3-5-15)21(31)28-11-13-1-8-20(27-10-13)33-22(25)26/h13-18,20,22,27H,1-12H2,(H,28,31)(H,29,30). The van der Waals surface area contributed by atoms with Crippen LogP contribution in [-0.2, 0) is 19.1 Å². The van der Waals surface area contributed by atoms with Gasteiger partial charge in [-0.1, -0.05) is 0 Å². The van der Waals surface area contributed by atoms with Crippen LogP contribution in [-0.4, -0.2) is 68.0 Å². The third-order valence-corrected chi connectivity index (χ3v) is 7.35. The first-order chi connectivity index (χ1) is 15.8. The lowest BCUT2D eigenvalue weighted by Gasteiger charge is -2.31. The SMILES string of the molecule is O=C(COC1CCC(Cl)C(F)C1)NC1CCC(C(=O)NCC2CCC(OC(F)F)NC2)CC1. The van der Waals surface area contributed by atoms with E-state index in [1.165, 1.54) is 0 Å². The number of halogens is 4. The van der Waals surface area contributed by atoms with Gasteiger partial charge in [0.15, 0.2) is 0 Å². The Morgan fingerprint density at radius 3 is 2.45 bits per heavy atom. The van der Waals surface area contributed by atoms with Crippen molar-refractivity contribution in [2.75, 3.05) is 19.7 Å². The van der Waals surface area contributed by atoms with Crippen LogP contribution >= 0.6 is 11.6 Å². The molecule has 1 saturated heterocycles. The van der Waals surface area contributed by atoms with Gasteiger partial charge in [0.1, 0.15) is 19.0 Å². The summed E-state index contributed by atoms with van der Waals surface area (Å²) < 4.78 is 48.2. The third kappa shape index (κ3) is 8.88. The van der Waals surface area contributed by atoms with Gasteiger partial charge in [-0.15, -0.1) is 11.6 Å². The number of piperidine rings is 1. The second-order valence-corrected chi connectivity index (χ2v) is 9.94. The minimum Gasteiger partial charge on any atom is -0.368 e. The normalized spacial score (nSPS) is 35.2. The molecular formula is C22H35ClF3N3O4. The first-order valence-electron chi connectivity index (χ1n) is 11.9. The number of rotatable bonds is 9. The Hall–Kier alpha value is -1.10. The van der Waals surface area contributed by atoms with E-state index in [0.717, 1.165) is 0 Å². The predicted molar refractivity (Wildman–Crippen MR) is 117 cm³/mol. The fourth-order valence-corrected chi connectivity index (χ4v) is 5.08. The number of amides is 2. The van der Waals surface area contributed by atoms with E-state index < -0.39 is 24.4 Å². The highest BCUT2D eigenvalue weighted by molar-refractivity contribution is 6.21. The van der Waals surface area contributed by atoms with E-state index in [4.69, 9.17) is 16.3 Å². The molecule has 3 rings (SSSR count). The summed E-state index contributed by atoms with van der Waals surface area (Å²) in [5.74, 6) is -0.114. The number of hydrogen-bond donors (Lipinski definition) is 3. The van der Waals surface area contributed by atoms with Crippen LogP contribution in [0.2, 0.25) is 0 Å². The van der Waals surface area contributed by atoms with Gasteiger partial charge in [-0.25, -0.2) is 4.39 Å². The molecule has 1 aliphatic heterocycles. The number of ether oxygens (including phenoxy) is 2. The van der Waals surface area contributed by atoms with Crippen molar-refractivity contribution in [3.8, 4) is 0 Å². The molecule has 3 aliphatic rings. The zero-order chi connectivity index (χ0) is 23.8. The Morgan fingerprint density at radius 1 is 1.06 bits per heavy atom. The number of hydrogen-bond acceptors (Lipinski definition) is 5. The van der Waals surface area contributed by atoms with Crippen molar-refractivity contribution in [3.05, 3.63) is 0 Å². The molecule has 1 heterocycles. The lowest BCUT2D eigenvalue weighted by molar-refractivity contribution is -0.178. The van der Waals surface area contributed by atoms with E-state index in [0.29, 0.717) is 64.5 Å². The summed E-state index contributed by atoms with van der Waals surface area (Å²) in [4.78, 5) is 24.7. The Bertz CT molecular complexity index is 632. The molecule has 0 aromatic rings. The quantitative estimate of drug-likeness (QED) is 0.426. The molecule has 5 atom stereocenters. The maximum absolute atomic E-state index is 13.7. The van der Waals surface area contributed by atoms with Crippen LogP contribution in [0.5, 0.6) is 0 Å². The summed E-state index contributed by atoms with van der Waals surface area (Å²) in [5.41, 5.74) is 0. The maximum atomic E-state index is 13.7. The van der Waals surface area contributed by atoms with Crippen molar-refractivity contribution >= 4 is 23.4 Å². The van der Waals surface area contributed by atoms with Gasteiger partial charge in [0.05, 0.1) is 11.5 Å². The molecule has 2 aliphatic carbocycles. The molecule has 33 heavy (non-hydrogen) atoms. The zero-order valence-corrected chi connectivity index (χ0v) is 19.5. The molecule has 0 bridgehead atoms. The van der Waals surface area contributed by atoms with Gasteiger partial charge >= 0.3 is 6.61 Å². The predicted octanol–water partition coefficient (Wildman–Crippen LogP) is 2.86. The number of nitrogens with one attached hydrogen (secondary N) is 3. The lowest BCUT2D eigenvalue weighted by atomic mass is 9.85. The first-order valence-corrected chi connectivity index (χ1v) is 12.4. The van der Waals surface area contributed by atoms with Gasteiger partial charge in [0.25, 0.3) is 0 Å². The minimum absolute atomic E-state index is 0.00438. The molecular weight excluding hydrogens is 463 g/mol. The van der Waals surface area contributed by atoms with Crippen LogP contribution in [0.15, 0.2) is 0 Å². The fraction of sp³-hybridized carbons (Fsp3) is 0.909. The summed E-state index contributed by atoms with van der Waals surface area (Å²) in [6.07, 6.45) is 3.43. The van der Waals surface area contributed by atoms with Crippen molar-refractivity contribution in [2.24, 2.45) is 11.8 Å². The number of carbonyl (C=O) groups is 2. The fourth-order valence-electron chi connectivity index (χ4n) is 4.85. The molecule has 11 heteroatoms. The van der Waals surface area contributed by atoms with Crippen LogP contribution in [0.4, 0.5) is 13.2 Å². The molecule has 0 radical (unpaired) electrons. The number of alkyl halides is 4. The Labute approximate surface area is 197 Å². The molecule has 190 valence electrons. The van der Waals surface area contributed by atoms with E-state index in [1.807, 2.05) is 0 Å². The Balaban J connectivity index is 1.26. The van der Waals surface area contributed by atoms with Crippen molar-refractivity contribution in [1.29, 1.82) is 0 Å². The minimum atomic E-state index is -2.79. The van der Waals surface area contributed by atoms with Crippen molar-refractivity contribution < 1.29 is 32.2 Å². The molecule has 0 aromatic heterocycles. The lowest BCUT2D eigenvalue weighted by Crippen LogP contribution is -2.46. The highest BCUT2D eigenvalue weighted by Gasteiger charge is 2.31. The molecule has 0 aromatic carbocycles. The molecule has 7 nitrogen and oxygen atoms in total. The molecule has 5 unspecified atom stereocenters. The van der Waals surface area contributed by atoms with Crippen LogP contribution < -0.4 is 16.0 Å². The molecule has 0 spiro atoms. The largest absolute Gasteiger partial charge is 0.368 e. The summed E-state index contributed by atoms with van der Waals surface area (Å²) in [5, 5.41) is 8.40. The molecule has 3 fully saturated rings. The summed E-state index contributed by atoms with van der Waals surface area (Å²) >= 11 is 5.87. The van der Waals surface area contributed by atoms with E-state index in [9.17, 15) is 22.8 Å². The van der Waals surface area contributed by atoms with Crippen LogP contribution in [0.25, 0.3) is 0 Å². The second kappa shape index (κ2) is 13.1. The second-order valence-electron chi connectivity index (χ2n) is 9.38. The van der Waals surface area contributed by atoms with E-state index in [1.54, 1.807) is 0 Å².